The number of nitrogens with two attached hydrogens (primary N) is 1. The molecule has 8 heteroatoms. The minimum atomic E-state index is -0.966. The van der Waals surface area contributed by atoms with Crippen LogP contribution in [-0.2, 0) is 9.59 Å². The molecule has 3 N–H and O–H groups in total. The third kappa shape index (κ3) is 4.24. The molecule has 2 heterocycles. The van der Waals surface area contributed by atoms with Gasteiger partial charge in [-0.15, -0.1) is 12.4 Å². The van der Waals surface area contributed by atoms with Crippen molar-refractivity contribution in [1.82, 2.24) is 10.2 Å². The van der Waals surface area contributed by atoms with E-state index >= 15 is 0 Å². The van der Waals surface area contributed by atoms with Gasteiger partial charge in [0.2, 0.25) is 11.8 Å². The predicted molar refractivity (Wildman–Crippen MR) is 105 cm³/mol. The number of imide groups is 2. The predicted octanol–water partition coefficient (Wildman–Crippen LogP) is 1.38. The largest absolute Gasteiger partial charge is 0.330 e. The van der Waals surface area contributed by atoms with Crippen molar-refractivity contribution in [2.24, 2.45) is 5.73 Å². The Morgan fingerprint density at radius 3 is 2.61 bits per heavy atom. The fraction of sp³-hybridized carbons (Fsp3) is 0.400. The van der Waals surface area contributed by atoms with E-state index in [0.717, 1.165) is 24.2 Å². The minimum Gasteiger partial charge on any atom is -0.330 e. The number of hydrogen-bond acceptors (Lipinski definition) is 5. The van der Waals surface area contributed by atoms with Gasteiger partial charge in [-0.1, -0.05) is 24.3 Å². The minimum absolute atomic E-state index is 0. The maximum absolute atomic E-state index is 12.9. The van der Waals surface area contributed by atoms with E-state index in [-0.39, 0.29) is 36.4 Å². The standard InChI is InChI=1S/C20H21N3O4.ClH/c21-12-5-3-1-2-4-7-13-8-6-9-14-17(13)20(27)23(19(14)26)15-10-11-16(24)22-18(15)25;/h6,8-9,15H,1-3,5,10-12,21H2,(H,22,24,25);1H. The quantitative estimate of drug-likeness (QED) is 0.438. The number of carbonyl (C=O) groups excluding carboxylic acids is 4. The summed E-state index contributed by atoms with van der Waals surface area (Å²) in [5.74, 6) is 3.96. The van der Waals surface area contributed by atoms with Crippen LogP contribution >= 0.6 is 12.4 Å². The number of nitrogens with one attached hydrogen (secondary N) is 1. The average Bonchev–Trinajstić information content (AvgIpc) is 2.90. The fourth-order valence-corrected chi connectivity index (χ4v) is 3.31. The smallest absolute Gasteiger partial charge is 0.263 e. The van der Waals surface area contributed by atoms with Gasteiger partial charge in [-0.25, -0.2) is 0 Å². The fourth-order valence-electron chi connectivity index (χ4n) is 3.31. The Kier molecular flexibility index (Phi) is 7.32. The van der Waals surface area contributed by atoms with E-state index in [2.05, 4.69) is 17.2 Å². The molecule has 148 valence electrons. The second-order valence-corrected chi connectivity index (χ2v) is 6.58. The van der Waals surface area contributed by atoms with Gasteiger partial charge in [0.15, 0.2) is 0 Å². The second-order valence-electron chi connectivity index (χ2n) is 6.58. The molecule has 1 atom stereocenters. The van der Waals surface area contributed by atoms with E-state index < -0.39 is 29.7 Å². The van der Waals surface area contributed by atoms with Crippen molar-refractivity contribution >= 4 is 36.0 Å². The highest BCUT2D eigenvalue weighted by atomic mass is 35.5. The highest BCUT2D eigenvalue weighted by Crippen LogP contribution is 2.29. The second kappa shape index (κ2) is 9.49. The van der Waals surface area contributed by atoms with Gasteiger partial charge in [-0.3, -0.25) is 29.4 Å². The van der Waals surface area contributed by atoms with Crippen molar-refractivity contribution in [2.45, 2.75) is 44.6 Å². The van der Waals surface area contributed by atoms with Crippen LogP contribution in [0.4, 0.5) is 0 Å². The van der Waals surface area contributed by atoms with Gasteiger partial charge in [0.05, 0.1) is 11.1 Å². The monoisotopic (exact) mass is 403 g/mol. The molecular weight excluding hydrogens is 382 g/mol. The van der Waals surface area contributed by atoms with Crippen LogP contribution in [0.5, 0.6) is 0 Å². The molecule has 0 aliphatic carbocycles. The molecule has 28 heavy (non-hydrogen) atoms. The van der Waals surface area contributed by atoms with Crippen LogP contribution in [0.3, 0.4) is 0 Å². The van der Waals surface area contributed by atoms with E-state index in [4.69, 9.17) is 5.73 Å². The van der Waals surface area contributed by atoms with Gasteiger partial charge in [-0.05, 0) is 37.9 Å². The molecule has 0 saturated carbocycles. The molecule has 7 nitrogen and oxygen atoms in total. The first-order valence-electron chi connectivity index (χ1n) is 9.08. The Hall–Kier alpha value is -2.69. The van der Waals surface area contributed by atoms with Crippen LogP contribution in [0.15, 0.2) is 18.2 Å². The van der Waals surface area contributed by atoms with E-state index in [1.165, 1.54) is 0 Å². The van der Waals surface area contributed by atoms with E-state index in [0.29, 0.717) is 18.5 Å². The molecule has 0 aromatic heterocycles. The molecule has 1 fully saturated rings. The summed E-state index contributed by atoms with van der Waals surface area (Å²) in [7, 11) is 0. The zero-order valence-electron chi connectivity index (χ0n) is 15.3. The summed E-state index contributed by atoms with van der Waals surface area (Å²) in [6, 6.07) is 3.97. The molecule has 0 radical (unpaired) electrons. The molecule has 2 aliphatic heterocycles. The first-order valence-corrected chi connectivity index (χ1v) is 9.08. The van der Waals surface area contributed by atoms with Gasteiger partial charge in [-0.2, -0.15) is 0 Å². The van der Waals surface area contributed by atoms with Gasteiger partial charge in [0, 0.05) is 18.4 Å². The number of nitrogens with zero attached hydrogens (tertiary/aromatic N) is 1. The van der Waals surface area contributed by atoms with Crippen molar-refractivity contribution in [3.05, 3.63) is 34.9 Å². The molecule has 4 amide bonds. The summed E-state index contributed by atoms with van der Waals surface area (Å²) < 4.78 is 0. The average molecular weight is 404 g/mol. The van der Waals surface area contributed by atoms with Crippen LogP contribution in [-0.4, -0.2) is 41.1 Å². The molecule has 0 spiro atoms. The van der Waals surface area contributed by atoms with Crippen molar-refractivity contribution in [3.8, 4) is 11.8 Å². The summed E-state index contributed by atoms with van der Waals surface area (Å²) in [4.78, 5) is 50.0. The lowest BCUT2D eigenvalue weighted by Crippen LogP contribution is -2.54. The van der Waals surface area contributed by atoms with Crippen molar-refractivity contribution < 1.29 is 19.2 Å². The number of carbonyl (C=O) groups is 4. The Bertz CT molecular complexity index is 872. The summed E-state index contributed by atoms with van der Waals surface area (Å²) in [5, 5.41) is 2.19. The third-order valence-corrected chi connectivity index (χ3v) is 4.70. The van der Waals surface area contributed by atoms with Gasteiger partial charge in [0.25, 0.3) is 11.8 Å². The van der Waals surface area contributed by atoms with Crippen LogP contribution in [0, 0.1) is 11.8 Å². The summed E-state index contributed by atoms with van der Waals surface area (Å²) >= 11 is 0. The SMILES string of the molecule is Cl.NCCCCCC#Cc1cccc2c1C(=O)N(C1CCC(=O)NC1=O)C2=O. The lowest BCUT2D eigenvalue weighted by Gasteiger charge is -2.27. The molecule has 3 rings (SSSR count). The number of rotatable bonds is 5. The third-order valence-electron chi connectivity index (χ3n) is 4.70. The van der Waals surface area contributed by atoms with E-state index in [9.17, 15) is 19.2 Å². The maximum Gasteiger partial charge on any atom is 0.263 e. The van der Waals surface area contributed by atoms with Crippen molar-refractivity contribution in [2.75, 3.05) is 6.54 Å². The van der Waals surface area contributed by atoms with Gasteiger partial charge >= 0.3 is 0 Å². The van der Waals surface area contributed by atoms with Gasteiger partial charge in [0.1, 0.15) is 6.04 Å². The first-order chi connectivity index (χ1) is 13.0. The number of unbranched alkanes of at least 4 members (excludes halogenated alkanes) is 3. The van der Waals surface area contributed by atoms with Crippen molar-refractivity contribution in [3.63, 3.8) is 0 Å². The Morgan fingerprint density at radius 2 is 1.89 bits per heavy atom. The van der Waals surface area contributed by atoms with E-state index in [1.54, 1.807) is 18.2 Å². The number of fused-ring (bicyclic) bond motifs is 1. The van der Waals surface area contributed by atoms with Crippen LogP contribution in [0.1, 0.15) is 64.8 Å². The van der Waals surface area contributed by atoms with Gasteiger partial charge < -0.3 is 5.73 Å². The molecule has 1 aromatic rings. The molecule has 1 aromatic carbocycles. The highest BCUT2D eigenvalue weighted by Gasteiger charge is 2.45. The Morgan fingerprint density at radius 1 is 1.11 bits per heavy atom. The van der Waals surface area contributed by atoms with Crippen LogP contribution < -0.4 is 11.1 Å². The maximum atomic E-state index is 12.9. The molecule has 0 bridgehead atoms. The number of hydrogen-bond donors (Lipinski definition) is 2. The number of amides is 4. The normalized spacial score (nSPS) is 18.2. The highest BCUT2D eigenvalue weighted by molar-refractivity contribution is 6.24. The molecule has 1 saturated heterocycles. The number of piperidine rings is 1. The van der Waals surface area contributed by atoms with E-state index in [1.807, 2.05) is 0 Å². The zero-order chi connectivity index (χ0) is 19.4. The summed E-state index contributed by atoms with van der Waals surface area (Å²) in [5.41, 5.74) is 6.43. The molecular formula is C20H22ClN3O4. The van der Waals surface area contributed by atoms with Crippen LogP contribution in [0.2, 0.25) is 0 Å². The zero-order valence-corrected chi connectivity index (χ0v) is 16.1. The lowest BCUT2D eigenvalue weighted by atomic mass is 10.0. The summed E-state index contributed by atoms with van der Waals surface area (Å²) in [6.07, 6.45) is 3.80. The number of benzene rings is 1. The number of halogens is 1. The van der Waals surface area contributed by atoms with Crippen LogP contribution in [0.25, 0.3) is 0 Å². The first kappa shape index (κ1) is 21.6. The van der Waals surface area contributed by atoms with Crippen molar-refractivity contribution in [1.29, 1.82) is 0 Å². The lowest BCUT2D eigenvalue weighted by molar-refractivity contribution is -0.136. The molecule has 1 unspecified atom stereocenters. The summed E-state index contributed by atoms with van der Waals surface area (Å²) in [6.45, 7) is 0.659. The Balaban J connectivity index is 0.00000280. The molecule has 2 aliphatic rings. The topological polar surface area (TPSA) is 110 Å². The Labute approximate surface area is 169 Å².